The summed E-state index contributed by atoms with van der Waals surface area (Å²) in [6.07, 6.45) is 2.46. The molecule has 150 valence electrons. The minimum Gasteiger partial charge on any atom is -0.359 e. The highest BCUT2D eigenvalue weighted by Crippen LogP contribution is 2.24. The van der Waals surface area contributed by atoms with Gasteiger partial charge in [0.1, 0.15) is 11.9 Å². The first-order chi connectivity index (χ1) is 13.3. The fourth-order valence-electron chi connectivity index (χ4n) is 3.03. The van der Waals surface area contributed by atoms with Crippen LogP contribution in [-0.2, 0) is 9.59 Å². The smallest absolute Gasteiger partial charge is 0.264 e. The molecule has 0 aliphatic carbocycles. The number of carbonyl (C=O) groups excluding carboxylic acids is 2. The summed E-state index contributed by atoms with van der Waals surface area (Å²) in [5.74, 6) is -0.341. The largest absolute Gasteiger partial charge is 0.359 e. The van der Waals surface area contributed by atoms with E-state index in [4.69, 9.17) is 0 Å². The van der Waals surface area contributed by atoms with Gasteiger partial charge in [-0.15, -0.1) is 0 Å². The topological polar surface area (TPSA) is 93.1 Å². The third kappa shape index (κ3) is 4.47. The second-order valence-corrected chi connectivity index (χ2v) is 6.79. The summed E-state index contributed by atoms with van der Waals surface area (Å²) < 4.78 is 1.38. The maximum absolute atomic E-state index is 13.2. The first kappa shape index (κ1) is 21.3. The lowest BCUT2D eigenvalue weighted by Gasteiger charge is -2.24. The van der Waals surface area contributed by atoms with E-state index < -0.39 is 11.9 Å². The molecule has 2 amide bonds. The van der Waals surface area contributed by atoms with Crippen molar-refractivity contribution < 1.29 is 9.59 Å². The molecule has 0 radical (unpaired) electrons. The zero-order chi connectivity index (χ0) is 20.8. The molecular formula is C21H28N4O3. The summed E-state index contributed by atoms with van der Waals surface area (Å²) >= 11 is 0. The number of amides is 2. The average Bonchev–Trinajstić information content (AvgIpc) is 2.63. The van der Waals surface area contributed by atoms with Crippen molar-refractivity contribution in [3.05, 3.63) is 46.7 Å². The van der Waals surface area contributed by atoms with Gasteiger partial charge < -0.3 is 5.32 Å². The molecular weight excluding hydrogens is 356 g/mol. The maximum atomic E-state index is 13.2. The number of nitrogens with zero attached hydrogens (tertiary/aromatic N) is 2. The van der Waals surface area contributed by atoms with Gasteiger partial charge in [0.2, 0.25) is 11.8 Å². The van der Waals surface area contributed by atoms with E-state index in [2.05, 4.69) is 36.0 Å². The number of rotatable bonds is 4. The molecule has 0 spiro atoms. The third-order valence-corrected chi connectivity index (χ3v) is 4.37. The molecule has 1 aromatic heterocycles. The van der Waals surface area contributed by atoms with Gasteiger partial charge in [-0.05, 0) is 31.9 Å². The zero-order valence-corrected chi connectivity index (χ0v) is 17.0. The molecule has 1 saturated heterocycles. The number of benzene rings is 1. The maximum Gasteiger partial charge on any atom is 0.264 e. The zero-order valence-electron chi connectivity index (χ0n) is 17.0. The number of anilines is 1. The highest BCUT2D eigenvalue weighted by molar-refractivity contribution is 5.99. The van der Waals surface area contributed by atoms with E-state index in [0.717, 1.165) is 12.1 Å². The van der Waals surface area contributed by atoms with E-state index in [1.807, 2.05) is 13.0 Å². The number of allylic oxidation sites excluding steroid dienone is 1. The standard InChI is InChI=1S/C18H20N4O3.C3H8/c1-4-10(2)19-12-6-5-7-13-16(12)18(25)22(11(3)20-13)14-8-9-15(23)21-17(14)24;1-3-2/h5-7,14,19H,2,4,8-9H2,1,3H3,(H,21,23,24);3H2,1-2H3. The number of hydrogen-bond donors (Lipinski definition) is 2. The van der Waals surface area contributed by atoms with Crippen molar-refractivity contribution in [1.29, 1.82) is 0 Å². The van der Waals surface area contributed by atoms with Crippen molar-refractivity contribution in [2.24, 2.45) is 0 Å². The fourth-order valence-corrected chi connectivity index (χ4v) is 3.03. The molecule has 1 aliphatic heterocycles. The molecule has 0 saturated carbocycles. The molecule has 2 heterocycles. The Balaban J connectivity index is 0.000000878. The van der Waals surface area contributed by atoms with Gasteiger partial charge in [0.15, 0.2) is 0 Å². The van der Waals surface area contributed by atoms with E-state index in [1.54, 1.807) is 19.1 Å². The Labute approximate surface area is 164 Å². The van der Waals surface area contributed by atoms with Crippen LogP contribution in [0.15, 0.2) is 35.3 Å². The lowest BCUT2D eigenvalue weighted by Crippen LogP contribution is -2.45. The predicted molar refractivity (Wildman–Crippen MR) is 111 cm³/mol. The summed E-state index contributed by atoms with van der Waals surface area (Å²) in [7, 11) is 0. The summed E-state index contributed by atoms with van der Waals surface area (Å²) in [5, 5.41) is 5.84. The number of aryl methyl sites for hydroxylation is 1. The molecule has 1 unspecified atom stereocenters. The molecule has 2 N–H and O–H groups in total. The molecule has 0 bridgehead atoms. The fraction of sp³-hybridized carbons (Fsp3) is 0.429. The van der Waals surface area contributed by atoms with Gasteiger partial charge in [0.05, 0.1) is 16.6 Å². The summed E-state index contributed by atoms with van der Waals surface area (Å²) in [4.78, 5) is 41.2. The summed E-state index contributed by atoms with van der Waals surface area (Å²) in [6.45, 7) is 11.8. The van der Waals surface area contributed by atoms with E-state index in [-0.39, 0.29) is 24.3 Å². The van der Waals surface area contributed by atoms with Crippen LogP contribution in [0.25, 0.3) is 10.9 Å². The Kier molecular flexibility index (Phi) is 7.09. The molecule has 3 rings (SSSR count). The monoisotopic (exact) mass is 384 g/mol. The second kappa shape index (κ2) is 9.30. The quantitative estimate of drug-likeness (QED) is 0.788. The van der Waals surface area contributed by atoms with Gasteiger partial charge in [0.25, 0.3) is 5.56 Å². The molecule has 28 heavy (non-hydrogen) atoms. The number of fused-ring (bicyclic) bond motifs is 1. The Morgan fingerprint density at radius 3 is 2.57 bits per heavy atom. The van der Waals surface area contributed by atoms with Crippen molar-refractivity contribution in [1.82, 2.24) is 14.9 Å². The summed E-state index contributed by atoms with van der Waals surface area (Å²) in [5.41, 5.74) is 1.65. The van der Waals surface area contributed by atoms with Gasteiger partial charge in [0, 0.05) is 12.1 Å². The molecule has 1 fully saturated rings. The van der Waals surface area contributed by atoms with E-state index in [1.165, 1.54) is 11.0 Å². The van der Waals surface area contributed by atoms with E-state index in [0.29, 0.717) is 22.4 Å². The molecule has 7 nitrogen and oxygen atoms in total. The van der Waals surface area contributed by atoms with Crippen molar-refractivity contribution in [2.45, 2.75) is 59.4 Å². The van der Waals surface area contributed by atoms with Crippen molar-refractivity contribution in [3.63, 3.8) is 0 Å². The number of nitrogens with one attached hydrogen (secondary N) is 2. The van der Waals surface area contributed by atoms with Crippen LogP contribution in [0.3, 0.4) is 0 Å². The summed E-state index contributed by atoms with van der Waals surface area (Å²) in [6, 6.07) is 4.63. The van der Waals surface area contributed by atoms with Crippen molar-refractivity contribution in [2.75, 3.05) is 5.32 Å². The first-order valence-electron chi connectivity index (χ1n) is 9.64. The van der Waals surface area contributed by atoms with Gasteiger partial charge in [-0.2, -0.15) is 0 Å². The first-order valence-corrected chi connectivity index (χ1v) is 9.64. The second-order valence-electron chi connectivity index (χ2n) is 6.79. The van der Waals surface area contributed by atoms with Crippen LogP contribution < -0.4 is 16.2 Å². The average molecular weight is 384 g/mol. The van der Waals surface area contributed by atoms with Crippen LogP contribution in [0.5, 0.6) is 0 Å². The molecule has 2 aromatic rings. The van der Waals surface area contributed by atoms with Gasteiger partial charge >= 0.3 is 0 Å². The van der Waals surface area contributed by atoms with Crippen LogP contribution in [0.2, 0.25) is 0 Å². The van der Waals surface area contributed by atoms with Gasteiger partial charge in [-0.3, -0.25) is 24.3 Å². The van der Waals surface area contributed by atoms with Crippen LogP contribution in [-0.4, -0.2) is 21.4 Å². The Bertz CT molecular complexity index is 962. The molecule has 1 atom stereocenters. The predicted octanol–water partition coefficient (Wildman–Crippen LogP) is 3.43. The number of imide groups is 1. The van der Waals surface area contributed by atoms with Crippen LogP contribution in [0.4, 0.5) is 5.69 Å². The lowest BCUT2D eigenvalue weighted by atomic mass is 10.1. The SMILES string of the molecule is C=C(CC)Nc1cccc2nc(C)n(C3CCC(=O)NC3=O)c(=O)c12.CCC. The minimum atomic E-state index is -0.732. The molecule has 1 aromatic carbocycles. The normalized spacial score (nSPS) is 16.2. The van der Waals surface area contributed by atoms with Gasteiger partial charge in [-0.25, -0.2) is 4.98 Å². The third-order valence-electron chi connectivity index (χ3n) is 4.37. The van der Waals surface area contributed by atoms with Gasteiger partial charge in [-0.1, -0.05) is 39.8 Å². The highest BCUT2D eigenvalue weighted by Gasteiger charge is 2.30. The lowest BCUT2D eigenvalue weighted by molar-refractivity contribution is -0.135. The van der Waals surface area contributed by atoms with E-state index in [9.17, 15) is 14.4 Å². The number of hydrogen-bond acceptors (Lipinski definition) is 5. The van der Waals surface area contributed by atoms with Crippen LogP contribution in [0, 0.1) is 6.92 Å². The Hall–Kier alpha value is -2.96. The number of carbonyl (C=O) groups is 2. The highest BCUT2D eigenvalue weighted by atomic mass is 16.2. The Morgan fingerprint density at radius 2 is 1.96 bits per heavy atom. The minimum absolute atomic E-state index is 0.201. The molecule has 1 aliphatic rings. The number of piperidine rings is 1. The number of aromatic nitrogens is 2. The molecule has 7 heteroatoms. The van der Waals surface area contributed by atoms with Crippen molar-refractivity contribution in [3.8, 4) is 0 Å². The van der Waals surface area contributed by atoms with Crippen molar-refractivity contribution >= 4 is 28.4 Å². The van der Waals surface area contributed by atoms with Crippen LogP contribution in [0.1, 0.15) is 58.3 Å². The Morgan fingerprint density at radius 1 is 1.29 bits per heavy atom. The van der Waals surface area contributed by atoms with Crippen LogP contribution >= 0.6 is 0 Å². The van der Waals surface area contributed by atoms with E-state index >= 15 is 0 Å².